The fraction of sp³-hybridized carbons (Fsp3) is 0.667. The van der Waals surface area contributed by atoms with Crippen molar-refractivity contribution in [3.63, 3.8) is 0 Å². The second-order valence-electron chi connectivity index (χ2n) is 7.71. The monoisotopic (exact) mass is 391 g/mol. The predicted octanol–water partition coefficient (Wildman–Crippen LogP) is 3.24. The first kappa shape index (κ1) is 20.3. The molecular weight excluding hydrogens is 358 g/mol. The summed E-state index contributed by atoms with van der Waals surface area (Å²) in [6, 6.07) is 6.36. The summed E-state index contributed by atoms with van der Waals surface area (Å²) in [5.41, 5.74) is 1.70. The van der Waals surface area contributed by atoms with Gasteiger partial charge in [0.25, 0.3) is 0 Å². The molecule has 3 rings (SSSR count). The molecule has 27 heavy (non-hydrogen) atoms. The van der Waals surface area contributed by atoms with Crippen LogP contribution >= 0.6 is 11.8 Å². The first-order valence-electron chi connectivity index (χ1n) is 10.2. The van der Waals surface area contributed by atoms with Crippen LogP contribution in [-0.2, 0) is 6.54 Å². The van der Waals surface area contributed by atoms with Crippen molar-refractivity contribution in [2.24, 2.45) is 4.99 Å². The molecule has 5 nitrogen and oxygen atoms in total. The van der Waals surface area contributed by atoms with Crippen molar-refractivity contribution in [3.05, 3.63) is 29.3 Å². The second kappa shape index (κ2) is 9.69. The molecule has 0 amide bonds. The third-order valence-electron chi connectivity index (χ3n) is 5.24. The summed E-state index contributed by atoms with van der Waals surface area (Å²) in [4.78, 5) is 4.74. The Kier molecular flexibility index (Phi) is 7.30. The topological polar surface area (TPSA) is 65.9 Å². The molecule has 6 heteroatoms. The quantitative estimate of drug-likeness (QED) is 0.492. The lowest BCUT2D eigenvalue weighted by molar-refractivity contribution is 0.0724. The smallest absolute Gasteiger partial charge is 0.191 e. The molecule has 1 heterocycles. The third-order valence-corrected chi connectivity index (χ3v) is 6.47. The first-order chi connectivity index (χ1) is 13.1. The first-order valence-corrected chi connectivity index (χ1v) is 11.3. The Morgan fingerprint density at radius 3 is 2.85 bits per heavy atom. The molecule has 1 saturated heterocycles. The van der Waals surface area contributed by atoms with E-state index in [1.54, 1.807) is 0 Å². The van der Waals surface area contributed by atoms with Crippen molar-refractivity contribution >= 4 is 17.7 Å². The van der Waals surface area contributed by atoms with Crippen LogP contribution in [0.1, 0.15) is 50.2 Å². The number of guanidine groups is 1. The van der Waals surface area contributed by atoms with Gasteiger partial charge in [-0.2, -0.15) is 11.8 Å². The van der Waals surface area contributed by atoms with E-state index in [1.165, 1.54) is 18.4 Å². The summed E-state index contributed by atoms with van der Waals surface area (Å²) < 4.78 is 6.28. The highest BCUT2D eigenvalue weighted by molar-refractivity contribution is 7.99. The average Bonchev–Trinajstić information content (AvgIpc) is 3.31. The molecular formula is C21H33N3O2S. The number of rotatable bonds is 7. The van der Waals surface area contributed by atoms with Gasteiger partial charge in [-0.3, -0.25) is 0 Å². The molecule has 0 spiro atoms. The molecule has 1 aliphatic heterocycles. The molecule has 2 fully saturated rings. The maximum Gasteiger partial charge on any atom is 0.191 e. The summed E-state index contributed by atoms with van der Waals surface area (Å²) in [6.45, 7) is 6.03. The van der Waals surface area contributed by atoms with Crippen LogP contribution < -0.4 is 15.4 Å². The summed E-state index contributed by atoms with van der Waals surface area (Å²) in [5, 5.41) is 17.1. The highest BCUT2D eigenvalue weighted by Gasteiger charge is 2.31. The number of thioether (sulfide) groups is 1. The molecule has 1 atom stereocenters. The van der Waals surface area contributed by atoms with Gasteiger partial charge in [0.05, 0.1) is 18.2 Å². The lowest BCUT2D eigenvalue weighted by Gasteiger charge is -2.23. The Bertz CT molecular complexity index is 638. The zero-order chi connectivity index (χ0) is 19.1. The standard InChI is InChI=1S/C21H33N3O2S/c1-3-22-20(24-14-21(25)10-11-27-15-21)23-13-17-9-8-16(2)12-19(17)26-18-6-4-5-7-18/h8-9,12,18,25H,3-7,10-11,13-15H2,1-2H3,(H2,22,23,24). The summed E-state index contributed by atoms with van der Waals surface area (Å²) in [7, 11) is 0. The number of aliphatic imine (C=N–C) groups is 1. The fourth-order valence-electron chi connectivity index (χ4n) is 3.58. The Morgan fingerprint density at radius 1 is 1.33 bits per heavy atom. The van der Waals surface area contributed by atoms with Crippen molar-refractivity contribution in [2.45, 2.75) is 64.2 Å². The highest BCUT2D eigenvalue weighted by Crippen LogP contribution is 2.28. The van der Waals surface area contributed by atoms with Crippen molar-refractivity contribution in [1.82, 2.24) is 10.6 Å². The van der Waals surface area contributed by atoms with Gasteiger partial charge in [-0.05, 0) is 63.3 Å². The molecule has 150 valence electrons. The van der Waals surface area contributed by atoms with Gasteiger partial charge in [0.1, 0.15) is 5.75 Å². The minimum absolute atomic E-state index is 0.343. The SMILES string of the molecule is CCNC(=NCc1ccc(C)cc1OC1CCCC1)NCC1(O)CCSC1. The van der Waals surface area contributed by atoms with E-state index in [-0.39, 0.29) is 0 Å². The number of benzene rings is 1. The Labute approximate surface area is 167 Å². The van der Waals surface area contributed by atoms with Gasteiger partial charge in [0.2, 0.25) is 0 Å². The maximum atomic E-state index is 10.5. The largest absolute Gasteiger partial charge is 0.490 e. The number of hydrogen-bond donors (Lipinski definition) is 3. The van der Waals surface area contributed by atoms with Crippen LogP contribution in [0.15, 0.2) is 23.2 Å². The summed E-state index contributed by atoms with van der Waals surface area (Å²) >= 11 is 1.81. The lowest BCUT2D eigenvalue weighted by Crippen LogP contribution is -2.47. The number of hydrogen-bond acceptors (Lipinski definition) is 4. The maximum absolute atomic E-state index is 10.5. The van der Waals surface area contributed by atoms with Crippen LogP contribution in [0, 0.1) is 6.92 Å². The number of ether oxygens (including phenoxy) is 1. The molecule has 1 saturated carbocycles. The molecule has 1 aromatic rings. The molecule has 1 aliphatic carbocycles. The van der Waals surface area contributed by atoms with E-state index >= 15 is 0 Å². The lowest BCUT2D eigenvalue weighted by atomic mass is 10.0. The van der Waals surface area contributed by atoms with E-state index in [0.717, 1.165) is 54.6 Å². The molecule has 2 aliphatic rings. The van der Waals surface area contributed by atoms with Crippen LogP contribution in [0.4, 0.5) is 0 Å². The van der Waals surface area contributed by atoms with Gasteiger partial charge in [-0.1, -0.05) is 12.1 Å². The van der Waals surface area contributed by atoms with E-state index in [4.69, 9.17) is 9.73 Å². The second-order valence-corrected chi connectivity index (χ2v) is 8.82. The number of aryl methyl sites for hydroxylation is 1. The number of aliphatic hydroxyl groups is 1. The highest BCUT2D eigenvalue weighted by atomic mass is 32.2. The van der Waals surface area contributed by atoms with Crippen molar-refractivity contribution in [2.75, 3.05) is 24.6 Å². The van der Waals surface area contributed by atoms with Crippen LogP contribution in [-0.4, -0.2) is 47.4 Å². The van der Waals surface area contributed by atoms with Crippen molar-refractivity contribution in [3.8, 4) is 5.75 Å². The van der Waals surface area contributed by atoms with E-state index in [0.29, 0.717) is 19.2 Å². The van der Waals surface area contributed by atoms with Gasteiger partial charge in [0.15, 0.2) is 5.96 Å². The molecule has 0 bridgehead atoms. The zero-order valence-corrected chi connectivity index (χ0v) is 17.4. The van der Waals surface area contributed by atoms with Crippen LogP contribution in [0.5, 0.6) is 5.75 Å². The molecule has 1 aromatic carbocycles. The third kappa shape index (κ3) is 6.04. The predicted molar refractivity (Wildman–Crippen MR) is 114 cm³/mol. The summed E-state index contributed by atoms with van der Waals surface area (Å²) in [5.74, 6) is 3.52. The molecule has 3 N–H and O–H groups in total. The molecule has 1 unspecified atom stereocenters. The minimum atomic E-state index is -0.624. The van der Waals surface area contributed by atoms with Gasteiger partial charge in [-0.15, -0.1) is 0 Å². The van der Waals surface area contributed by atoms with Gasteiger partial charge >= 0.3 is 0 Å². The number of nitrogens with one attached hydrogen (secondary N) is 2. The van der Waals surface area contributed by atoms with Crippen molar-refractivity contribution < 1.29 is 9.84 Å². The molecule has 0 radical (unpaired) electrons. The van der Waals surface area contributed by atoms with Gasteiger partial charge in [-0.25, -0.2) is 4.99 Å². The van der Waals surface area contributed by atoms with Crippen LogP contribution in [0.25, 0.3) is 0 Å². The zero-order valence-electron chi connectivity index (χ0n) is 16.6. The van der Waals surface area contributed by atoms with E-state index in [2.05, 4.69) is 42.7 Å². The normalized spacial score (nSPS) is 23.6. The van der Waals surface area contributed by atoms with Crippen LogP contribution in [0.2, 0.25) is 0 Å². The van der Waals surface area contributed by atoms with Gasteiger partial charge < -0.3 is 20.5 Å². The van der Waals surface area contributed by atoms with E-state index in [9.17, 15) is 5.11 Å². The fourth-order valence-corrected chi connectivity index (χ4v) is 4.87. The Hall–Kier alpha value is -1.40. The van der Waals surface area contributed by atoms with E-state index in [1.807, 2.05) is 11.8 Å². The Morgan fingerprint density at radius 2 is 2.15 bits per heavy atom. The summed E-state index contributed by atoms with van der Waals surface area (Å²) in [6.07, 6.45) is 6.00. The Balaban J connectivity index is 1.65. The van der Waals surface area contributed by atoms with Crippen molar-refractivity contribution in [1.29, 1.82) is 0 Å². The minimum Gasteiger partial charge on any atom is -0.490 e. The average molecular weight is 392 g/mol. The van der Waals surface area contributed by atoms with Gasteiger partial charge in [0, 0.05) is 24.4 Å². The van der Waals surface area contributed by atoms with E-state index < -0.39 is 5.60 Å². The molecule has 0 aromatic heterocycles. The number of nitrogens with zero attached hydrogens (tertiary/aromatic N) is 1. The van der Waals surface area contributed by atoms with Crippen LogP contribution in [0.3, 0.4) is 0 Å².